The normalized spacial score (nSPS) is 13.9. The molecule has 1 amide bonds. The van der Waals surface area contributed by atoms with E-state index in [4.69, 9.17) is 4.74 Å². The molecule has 1 N–H and O–H groups in total. The van der Waals surface area contributed by atoms with Gasteiger partial charge in [-0.15, -0.1) is 0 Å². The first-order valence-electron chi connectivity index (χ1n) is 8.21. The van der Waals surface area contributed by atoms with Gasteiger partial charge in [-0.05, 0) is 47.4 Å². The van der Waals surface area contributed by atoms with E-state index in [1.807, 2.05) is 12.1 Å². The summed E-state index contributed by atoms with van der Waals surface area (Å²) in [6.45, 7) is 0.296. The largest absolute Gasteiger partial charge is 0.458 e. The topological polar surface area (TPSA) is 55.4 Å². The van der Waals surface area contributed by atoms with Gasteiger partial charge in [0.1, 0.15) is 6.61 Å². The van der Waals surface area contributed by atoms with Gasteiger partial charge in [-0.2, -0.15) is 13.2 Å². The molecule has 0 fully saturated rings. The number of rotatable bonds is 5. The number of amides is 1. The third-order valence-corrected chi connectivity index (χ3v) is 4.04. The Kier molecular flexibility index (Phi) is 5.30. The van der Waals surface area contributed by atoms with E-state index in [2.05, 4.69) is 5.32 Å². The maximum Gasteiger partial charge on any atom is 0.416 e. The molecule has 1 heterocycles. The van der Waals surface area contributed by atoms with Gasteiger partial charge in [-0.3, -0.25) is 4.79 Å². The number of benzene rings is 2. The predicted molar refractivity (Wildman–Crippen MR) is 93.0 cm³/mol. The highest BCUT2D eigenvalue weighted by Crippen LogP contribution is 2.29. The van der Waals surface area contributed by atoms with Crippen molar-refractivity contribution in [2.24, 2.45) is 0 Å². The van der Waals surface area contributed by atoms with Crippen LogP contribution in [0.1, 0.15) is 16.7 Å². The summed E-state index contributed by atoms with van der Waals surface area (Å²) >= 11 is 0. The summed E-state index contributed by atoms with van der Waals surface area (Å²) in [5.41, 5.74) is 2.20. The van der Waals surface area contributed by atoms with Crippen molar-refractivity contribution in [2.75, 3.05) is 11.9 Å². The lowest BCUT2D eigenvalue weighted by atomic mass is 10.1. The third kappa shape index (κ3) is 5.20. The van der Waals surface area contributed by atoms with Crippen LogP contribution in [0.25, 0.3) is 0 Å². The first-order valence-corrected chi connectivity index (χ1v) is 8.21. The monoisotopic (exact) mass is 375 g/mol. The molecule has 27 heavy (non-hydrogen) atoms. The maximum absolute atomic E-state index is 12.5. The van der Waals surface area contributed by atoms with E-state index in [-0.39, 0.29) is 18.3 Å². The van der Waals surface area contributed by atoms with Gasteiger partial charge in [0, 0.05) is 11.8 Å². The van der Waals surface area contributed by atoms with Gasteiger partial charge >= 0.3 is 12.1 Å². The van der Waals surface area contributed by atoms with Crippen LogP contribution in [-0.4, -0.2) is 18.5 Å². The molecule has 140 valence electrons. The molecule has 0 aliphatic carbocycles. The molecule has 0 atom stereocenters. The number of anilines is 1. The molecule has 0 saturated carbocycles. The number of hydrogen-bond donors (Lipinski definition) is 1. The average Bonchev–Trinajstić information content (AvgIpc) is 3.01. The summed E-state index contributed by atoms with van der Waals surface area (Å²) in [5.74, 6) is -0.655. The fourth-order valence-electron chi connectivity index (χ4n) is 2.69. The van der Waals surface area contributed by atoms with Gasteiger partial charge in [0.05, 0.1) is 12.0 Å². The van der Waals surface area contributed by atoms with Gasteiger partial charge in [0.15, 0.2) is 0 Å². The van der Waals surface area contributed by atoms with Crippen molar-refractivity contribution in [1.29, 1.82) is 0 Å². The molecule has 2 aromatic carbocycles. The molecule has 0 aromatic heterocycles. The van der Waals surface area contributed by atoms with Crippen LogP contribution in [0.2, 0.25) is 0 Å². The highest BCUT2D eigenvalue weighted by atomic mass is 19.4. The average molecular weight is 375 g/mol. The summed E-state index contributed by atoms with van der Waals surface area (Å²) in [6, 6.07) is 11.6. The lowest BCUT2D eigenvalue weighted by Gasteiger charge is -2.09. The van der Waals surface area contributed by atoms with Crippen LogP contribution in [0.5, 0.6) is 0 Å². The highest BCUT2D eigenvalue weighted by molar-refractivity contribution is 5.92. The van der Waals surface area contributed by atoms with E-state index in [9.17, 15) is 22.8 Å². The Balaban J connectivity index is 1.54. The molecular weight excluding hydrogens is 359 g/mol. The SMILES string of the molecule is O=C(Cc1ccc(C(F)(F)F)cc1)Nc1ccc(CC2=CC(=O)OC2)cc1. The van der Waals surface area contributed by atoms with Crippen molar-refractivity contribution < 1.29 is 27.5 Å². The Labute approximate surface area is 153 Å². The van der Waals surface area contributed by atoms with E-state index in [0.717, 1.165) is 23.3 Å². The molecule has 1 aliphatic heterocycles. The van der Waals surface area contributed by atoms with Crippen LogP contribution >= 0.6 is 0 Å². The molecule has 7 heteroatoms. The zero-order chi connectivity index (χ0) is 19.4. The van der Waals surface area contributed by atoms with Gasteiger partial charge in [-0.25, -0.2) is 4.79 Å². The van der Waals surface area contributed by atoms with Gasteiger partial charge < -0.3 is 10.1 Å². The van der Waals surface area contributed by atoms with Crippen LogP contribution < -0.4 is 5.32 Å². The number of ether oxygens (including phenoxy) is 1. The fourth-order valence-corrected chi connectivity index (χ4v) is 2.69. The number of halogens is 3. The van der Waals surface area contributed by atoms with Gasteiger partial charge in [-0.1, -0.05) is 24.3 Å². The smallest absolute Gasteiger partial charge is 0.416 e. The van der Waals surface area contributed by atoms with Crippen molar-refractivity contribution in [1.82, 2.24) is 0 Å². The summed E-state index contributed by atoms with van der Waals surface area (Å²) < 4.78 is 42.5. The second-order valence-electron chi connectivity index (χ2n) is 6.20. The maximum atomic E-state index is 12.5. The minimum absolute atomic E-state index is 0.0216. The molecule has 3 rings (SSSR count). The van der Waals surface area contributed by atoms with Gasteiger partial charge in [0.2, 0.25) is 5.91 Å². The van der Waals surface area contributed by atoms with E-state index in [1.54, 1.807) is 12.1 Å². The highest BCUT2D eigenvalue weighted by Gasteiger charge is 2.29. The van der Waals surface area contributed by atoms with Crippen LogP contribution in [0, 0.1) is 0 Å². The number of cyclic esters (lactones) is 1. The molecule has 4 nitrogen and oxygen atoms in total. The van der Waals surface area contributed by atoms with Crippen LogP contribution in [-0.2, 0) is 33.3 Å². The number of alkyl halides is 3. The predicted octanol–water partition coefficient (Wildman–Crippen LogP) is 3.91. The van der Waals surface area contributed by atoms with Gasteiger partial charge in [0.25, 0.3) is 0 Å². The zero-order valence-corrected chi connectivity index (χ0v) is 14.2. The minimum Gasteiger partial charge on any atom is -0.458 e. The van der Waals surface area contributed by atoms with Crippen molar-refractivity contribution in [3.8, 4) is 0 Å². The van der Waals surface area contributed by atoms with E-state index in [1.165, 1.54) is 18.2 Å². The Morgan fingerprint density at radius 1 is 1.00 bits per heavy atom. The Bertz CT molecular complexity index is 869. The summed E-state index contributed by atoms with van der Waals surface area (Å²) in [5, 5.41) is 2.71. The number of carbonyl (C=O) groups excluding carboxylic acids is 2. The lowest BCUT2D eigenvalue weighted by molar-refractivity contribution is -0.137. The summed E-state index contributed by atoms with van der Waals surface area (Å²) in [7, 11) is 0. The van der Waals surface area contributed by atoms with Crippen LogP contribution in [0.3, 0.4) is 0 Å². The van der Waals surface area contributed by atoms with Crippen molar-refractivity contribution in [3.63, 3.8) is 0 Å². The molecule has 0 unspecified atom stereocenters. The van der Waals surface area contributed by atoms with Crippen molar-refractivity contribution >= 4 is 17.6 Å². The van der Waals surface area contributed by atoms with Crippen molar-refractivity contribution in [2.45, 2.75) is 19.0 Å². The number of esters is 1. The minimum atomic E-state index is -4.39. The first-order chi connectivity index (χ1) is 12.8. The molecule has 0 saturated heterocycles. The van der Waals surface area contributed by atoms with Crippen LogP contribution in [0.15, 0.2) is 60.2 Å². The van der Waals surface area contributed by atoms with Crippen LogP contribution in [0.4, 0.5) is 18.9 Å². The molecule has 0 radical (unpaired) electrons. The standard InChI is InChI=1S/C20H16F3NO3/c21-20(22,23)16-5-1-14(2-6-16)10-18(25)24-17-7-3-13(4-8-17)9-15-11-19(26)27-12-15/h1-8,11H,9-10,12H2,(H,24,25). The molecule has 2 aromatic rings. The molecular formula is C20H16F3NO3. The van der Waals surface area contributed by atoms with E-state index >= 15 is 0 Å². The Morgan fingerprint density at radius 2 is 1.63 bits per heavy atom. The quantitative estimate of drug-likeness (QED) is 0.806. The summed E-state index contributed by atoms with van der Waals surface area (Å²) in [4.78, 5) is 23.1. The number of nitrogens with one attached hydrogen (secondary N) is 1. The van der Waals surface area contributed by atoms with E-state index < -0.39 is 11.7 Å². The second-order valence-corrected chi connectivity index (χ2v) is 6.20. The zero-order valence-electron chi connectivity index (χ0n) is 14.2. The van der Waals surface area contributed by atoms with Crippen molar-refractivity contribution in [3.05, 3.63) is 76.9 Å². The third-order valence-electron chi connectivity index (χ3n) is 4.04. The molecule has 0 spiro atoms. The molecule has 1 aliphatic rings. The summed E-state index contributed by atoms with van der Waals surface area (Å²) in [6.07, 6.45) is -2.35. The lowest BCUT2D eigenvalue weighted by Crippen LogP contribution is -2.14. The number of carbonyl (C=O) groups is 2. The number of hydrogen-bond acceptors (Lipinski definition) is 3. The molecule has 0 bridgehead atoms. The second kappa shape index (κ2) is 7.65. The first kappa shape index (κ1) is 18.7. The Morgan fingerprint density at radius 3 is 2.19 bits per heavy atom. The Hall–Kier alpha value is -3.09. The van der Waals surface area contributed by atoms with E-state index in [0.29, 0.717) is 24.3 Å². The fraction of sp³-hybridized carbons (Fsp3) is 0.200.